The molecule has 0 amide bonds. The van der Waals surface area contributed by atoms with Gasteiger partial charge in [-0.2, -0.15) is 0 Å². The van der Waals surface area contributed by atoms with Crippen molar-refractivity contribution in [1.29, 1.82) is 0 Å². The zero-order chi connectivity index (χ0) is 18.4. The smallest absolute Gasteiger partial charge is 0.159 e. The standard InChI is InChI=1S/C23H27F2N/c1-2-3-4-17-5-7-18(8-6-17)9-10-19-11-14-23(26-16-19)20-12-13-21(24)22(25)15-20/h3-4,11-18H,2,5-10H2,1H3/b4-3+/t17-,18-. The average molecular weight is 355 g/mol. The number of hydrogen-bond donors (Lipinski definition) is 0. The van der Waals surface area contributed by atoms with E-state index in [-0.39, 0.29) is 0 Å². The van der Waals surface area contributed by atoms with E-state index in [1.165, 1.54) is 43.7 Å². The van der Waals surface area contributed by atoms with E-state index >= 15 is 0 Å². The van der Waals surface area contributed by atoms with Gasteiger partial charge in [0.05, 0.1) is 5.69 Å². The van der Waals surface area contributed by atoms with Gasteiger partial charge in [-0.05, 0) is 86.6 Å². The number of nitrogens with zero attached hydrogens (tertiary/aromatic N) is 1. The Morgan fingerprint density at radius 2 is 1.85 bits per heavy atom. The minimum absolute atomic E-state index is 0.605. The van der Waals surface area contributed by atoms with Crippen molar-refractivity contribution in [3.63, 3.8) is 0 Å². The number of aryl methyl sites for hydroxylation is 1. The lowest BCUT2D eigenvalue weighted by Gasteiger charge is -2.26. The molecule has 0 atom stereocenters. The molecule has 1 heterocycles. The van der Waals surface area contributed by atoms with Gasteiger partial charge in [-0.25, -0.2) is 8.78 Å². The third-order valence-electron chi connectivity index (χ3n) is 5.42. The monoisotopic (exact) mass is 355 g/mol. The molecule has 1 nitrogen and oxygen atoms in total. The van der Waals surface area contributed by atoms with E-state index in [1.54, 1.807) is 6.07 Å². The Hall–Kier alpha value is -2.03. The third-order valence-corrected chi connectivity index (χ3v) is 5.42. The van der Waals surface area contributed by atoms with Crippen LogP contribution in [0, 0.1) is 23.5 Å². The molecule has 0 N–H and O–H groups in total. The number of halogens is 2. The fraction of sp³-hybridized carbons (Fsp3) is 0.435. The summed E-state index contributed by atoms with van der Waals surface area (Å²) in [5.74, 6) is -0.0709. The topological polar surface area (TPSA) is 12.9 Å². The van der Waals surface area contributed by atoms with E-state index < -0.39 is 11.6 Å². The van der Waals surface area contributed by atoms with E-state index in [9.17, 15) is 8.78 Å². The first kappa shape index (κ1) is 18.8. The van der Waals surface area contributed by atoms with Crippen LogP contribution in [0.15, 0.2) is 48.7 Å². The SMILES string of the molecule is CC/C=C/[C@H]1CC[C@H](CCc2ccc(-c3ccc(F)c(F)c3)nc2)CC1. The van der Waals surface area contributed by atoms with Gasteiger partial charge in [0, 0.05) is 11.8 Å². The van der Waals surface area contributed by atoms with Crippen molar-refractivity contribution in [3.8, 4) is 11.3 Å². The molecular weight excluding hydrogens is 328 g/mol. The van der Waals surface area contributed by atoms with Crippen LogP contribution in [0.5, 0.6) is 0 Å². The molecule has 0 unspecified atom stereocenters. The van der Waals surface area contributed by atoms with E-state index in [0.717, 1.165) is 30.7 Å². The third kappa shape index (κ3) is 5.00. The quantitative estimate of drug-likeness (QED) is 0.523. The van der Waals surface area contributed by atoms with Crippen molar-refractivity contribution in [2.24, 2.45) is 11.8 Å². The summed E-state index contributed by atoms with van der Waals surface area (Å²) >= 11 is 0. The molecule has 3 heteroatoms. The zero-order valence-corrected chi connectivity index (χ0v) is 15.4. The van der Waals surface area contributed by atoms with Crippen molar-refractivity contribution in [2.75, 3.05) is 0 Å². The Kier molecular flexibility index (Phi) is 6.54. The summed E-state index contributed by atoms with van der Waals surface area (Å²) in [5, 5.41) is 0. The molecule has 0 radical (unpaired) electrons. The van der Waals surface area contributed by atoms with Gasteiger partial charge in [-0.1, -0.05) is 25.1 Å². The highest BCUT2D eigenvalue weighted by Gasteiger charge is 2.19. The fourth-order valence-electron chi connectivity index (χ4n) is 3.77. The summed E-state index contributed by atoms with van der Waals surface area (Å²) in [6.07, 6.45) is 15.2. The maximum atomic E-state index is 13.4. The van der Waals surface area contributed by atoms with Crippen LogP contribution in [0.2, 0.25) is 0 Å². The molecule has 1 aliphatic carbocycles. The largest absolute Gasteiger partial charge is 0.256 e. The second kappa shape index (κ2) is 9.07. The summed E-state index contributed by atoms with van der Waals surface area (Å²) < 4.78 is 26.4. The van der Waals surface area contributed by atoms with Crippen LogP contribution in [0.1, 0.15) is 51.0 Å². The minimum Gasteiger partial charge on any atom is -0.256 e. The predicted molar refractivity (Wildman–Crippen MR) is 103 cm³/mol. The van der Waals surface area contributed by atoms with Crippen LogP contribution in [-0.4, -0.2) is 4.98 Å². The number of benzene rings is 1. The molecule has 3 rings (SSSR count). The van der Waals surface area contributed by atoms with Gasteiger partial charge in [0.1, 0.15) is 0 Å². The second-order valence-electron chi connectivity index (χ2n) is 7.34. The van der Waals surface area contributed by atoms with Crippen LogP contribution in [-0.2, 0) is 6.42 Å². The number of allylic oxidation sites excluding steroid dienone is 2. The van der Waals surface area contributed by atoms with Gasteiger partial charge in [-0.3, -0.25) is 4.98 Å². The van der Waals surface area contributed by atoms with Gasteiger partial charge in [-0.15, -0.1) is 0 Å². The van der Waals surface area contributed by atoms with Gasteiger partial charge in [0.15, 0.2) is 11.6 Å². The van der Waals surface area contributed by atoms with E-state index in [0.29, 0.717) is 11.3 Å². The maximum absolute atomic E-state index is 13.4. The van der Waals surface area contributed by atoms with E-state index in [2.05, 4.69) is 30.1 Å². The second-order valence-corrected chi connectivity index (χ2v) is 7.34. The molecular formula is C23H27F2N. The van der Waals surface area contributed by atoms with E-state index in [4.69, 9.17) is 0 Å². The van der Waals surface area contributed by atoms with Gasteiger partial charge in [0.2, 0.25) is 0 Å². The molecule has 2 aromatic rings. The molecule has 138 valence electrons. The lowest BCUT2D eigenvalue weighted by molar-refractivity contribution is 0.296. The lowest BCUT2D eigenvalue weighted by atomic mass is 9.79. The molecule has 1 aliphatic rings. The molecule has 0 bridgehead atoms. The highest BCUT2D eigenvalue weighted by Crippen LogP contribution is 2.32. The molecule has 1 fully saturated rings. The van der Waals surface area contributed by atoms with Crippen LogP contribution < -0.4 is 0 Å². The Labute approximate surface area is 155 Å². The van der Waals surface area contributed by atoms with Crippen LogP contribution in [0.4, 0.5) is 8.78 Å². The van der Waals surface area contributed by atoms with Crippen LogP contribution >= 0.6 is 0 Å². The molecule has 26 heavy (non-hydrogen) atoms. The van der Waals surface area contributed by atoms with E-state index in [1.807, 2.05) is 12.3 Å². The Morgan fingerprint density at radius 3 is 2.50 bits per heavy atom. The average Bonchev–Trinajstić information content (AvgIpc) is 2.68. The van der Waals surface area contributed by atoms with Gasteiger partial charge in [0.25, 0.3) is 0 Å². The normalized spacial score (nSPS) is 20.6. The summed E-state index contributed by atoms with van der Waals surface area (Å²) in [6, 6.07) is 7.86. The van der Waals surface area contributed by atoms with Crippen molar-refractivity contribution < 1.29 is 8.78 Å². The van der Waals surface area contributed by atoms with Gasteiger partial charge < -0.3 is 0 Å². The van der Waals surface area contributed by atoms with Gasteiger partial charge >= 0.3 is 0 Å². The first-order chi connectivity index (χ1) is 12.7. The summed E-state index contributed by atoms with van der Waals surface area (Å²) in [7, 11) is 0. The van der Waals surface area contributed by atoms with Crippen molar-refractivity contribution in [3.05, 3.63) is 65.9 Å². The molecule has 0 saturated heterocycles. The Bertz CT molecular complexity index is 728. The first-order valence-electron chi connectivity index (χ1n) is 9.72. The molecule has 1 saturated carbocycles. The first-order valence-corrected chi connectivity index (χ1v) is 9.72. The number of rotatable bonds is 6. The maximum Gasteiger partial charge on any atom is 0.159 e. The number of aromatic nitrogens is 1. The summed E-state index contributed by atoms with van der Waals surface area (Å²) in [6.45, 7) is 2.19. The number of hydrogen-bond acceptors (Lipinski definition) is 1. The molecule has 0 aliphatic heterocycles. The van der Waals surface area contributed by atoms with Crippen molar-refractivity contribution >= 4 is 0 Å². The van der Waals surface area contributed by atoms with Crippen LogP contribution in [0.3, 0.4) is 0 Å². The van der Waals surface area contributed by atoms with Crippen LogP contribution in [0.25, 0.3) is 11.3 Å². The molecule has 0 spiro atoms. The Balaban J connectivity index is 1.50. The minimum atomic E-state index is -0.835. The highest BCUT2D eigenvalue weighted by atomic mass is 19.2. The fourth-order valence-corrected chi connectivity index (χ4v) is 3.77. The zero-order valence-electron chi connectivity index (χ0n) is 15.4. The molecule has 1 aromatic carbocycles. The Morgan fingerprint density at radius 1 is 1.04 bits per heavy atom. The predicted octanol–water partition coefficient (Wildman–Crippen LogP) is 6.73. The van der Waals surface area contributed by atoms with Crippen molar-refractivity contribution in [1.82, 2.24) is 4.98 Å². The molecule has 1 aromatic heterocycles. The number of pyridine rings is 1. The summed E-state index contributed by atoms with van der Waals surface area (Å²) in [5.41, 5.74) is 2.49. The van der Waals surface area contributed by atoms with Crippen molar-refractivity contribution in [2.45, 2.75) is 51.9 Å². The lowest BCUT2D eigenvalue weighted by Crippen LogP contribution is -2.13. The highest BCUT2D eigenvalue weighted by molar-refractivity contribution is 5.59. The summed E-state index contributed by atoms with van der Waals surface area (Å²) in [4.78, 5) is 4.43.